The molecule has 1 atom stereocenters. The van der Waals surface area contributed by atoms with E-state index in [9.17, 15) is 4.39 Å². The summed E-state index contributed by atoms with van der Waals surface area (Å²) >= 11 is 0. The number of halogens is 1. The van der Waals surface area contributed by atoms with Crippen LogP contribution in [0.25, 0.3) is 5.69 Å². The molecule has 0 aliphatic heterocycles. The Kier molecular flexibility index (Phi) is 3.72. The van der Waals surface area contributed by atoms with Crippen molar-refractivity contribution in [3.63, 3.8) is 0 Å². The highest BCUT2D eigenvalue weighted by molar-refractivity contribution is 5.34. The molecule has 1 aromatic carbocycles. The van der Waals surface area contributed by atoms with Crippen LogP contribution in [-0.4, -0.2) is 15.0 Å². The van der Waals surface area contributed by atoms with Crippen LogP contribution in [0.5, 0.6) is 0 Å². The first-order chi connectivity index (χ1) is 8.67. The molecule has 1 heterocycles. The van der Waals surface area contributed by atoms with Crippen molar-refractivity contribution in [1.82, 2.24) is 15.0 Å². The minimum absolute atomic E-state index is 0.103. The first kappa shape index (κ1) is 12.7. The summed E-state index contributed by atoms with van der Waals surface area (Å²) in [5.41, 5.74) is 8.62. The largest absolute Gasteiger partial charge is 0.323 e. The molecule has 5 heteroatoms. The molecular formula is C13H17FN4. The SMILES string of the molecule is CCc1c(C(N)CC)nnn1-c1ccc(F)cc1. The molecule has 0 saturated carbocycles. The van der Waals surface area contributed by atoms with Gasteiger partial charge in [-0.2, -0.15) is 0 Å². The van der Waals surface area contributed by atoms with Gasteiger partial charge in [0.05, 0.1) is 17.4 Å². The highest BCUT2D eigenvalue weighted by Crippen LogP contribution is 2.19. The monoisotopic (exact) mass is 248 g/mol. The molecule has 0 fully saturated rings. The molecule has 18 heavy (non-hydrogen) atoms. The van der Waals surface area contributed by atoms with Gasteiger partial charge in [0.1, 0.15) is 11.5 Å². The number of nitrogens with two attached hydrogens (primary N) is 1. The van der Waals surface area contributed by atoms with E-state index in [2.05, 4.69) is 10.3 Å². The number of nitrogens with zero attached hydrogens (tertiary/aromatic N) is 3. The maximum absolute atomic E-state index is 12.9. The van der Waals surface area contributed by atoms with Gasteiger partial charge in [0.25, 0.3) is 0 Å². The number of benzene rings is 1. The van der Waals surface area contributed by atoms with E-state index in [4.69, 9.17) is 5.73 Å². The maximum Gasteiger partial charge on any atom is 0.123 e. The fourth-order valence-electron chi connectivity index (χ4n) is 1.92. The minimum atomic E-state index is -0.262. The van der Waals surface area contributed by atoms with Crippen LogP contribution in [0.2, 0.25) is 0 Å². The molecule has 1 unspecified atom stereocenters. The third-order valence-electron chi connectivity index (χ3n) is 2.99. The third kappa shape index (κ3) is 2.26. The first-order valence-corrected chi connectivity index (χ1v) is 6.13. The maximum atomic E-state index is 12.9. The molecule has 0 radical (unpaired) electrons. The molecule has 2 N–H and O–H groups in total. The third-order valence-corrected chi connectivity index (χ3v) is 2.99. The Labute approximate surface area is 106 Å². The topological polar surface area (TPSA) is 56.7 Å². The van der Waals surface area contributed by atoms with Gasteiger partial charge in [-0.25, -0.2) is 9.07 Å². The lowest BCUT2D eigenvalue weighted by molar-refractivity contribution is 0.626. The van der Waals surface area contributed by atoms with Gasteiger partial charge >= 0.3 is 0 Å². The lowest BCUT2D eigenvalue weighted by Gasteiger charge is -2.09. The van der Waals surface area contributed by atoms with Crippen LogP contribution >= 0.6 is 0 Å². The second-order valence-corrected chi connectivity index (χ2v) is 4.18. The van der Waals surface area contributed by atoms with E-state index < -0.39 is 0 Å². The number of hydrogen-bond acceptors (Lipinski definition) is 3. The van der Waals surface area contributed by atoms with Gasteiger partial charge in [-0.05, 0) is 37.1 Å². The second-order valence-electron chi connectivity index (χ2n) is 4.18. The molecule has 1 aromatic heterocycles. The average Bonchev–Trinajstić information content (AvgIpc) is 2.82. The molecule has 96 valence electrons. The molecule has 0 amide bonds. The minimum Gasteiger partial charge on any atom is -0.323 e. The Morgan fingerprint density at radius 1 is 1.28 bits per heavy atom. The second kappa shape index (κ2) is 5.27. The molecule has 2 rings (SSSR count). The average molecular weight is 248 g/mol. The highest BCUT2D eigenvalue weighted by Gasteiger charge is 2.17. The van der Waals surface area contributed by atoms with Crippen molar-refractivity contribution in [3.8, 4) is 5.69 Å². The summed E-state index contributed by atoms with van der Waals surface area (Å²) in [6.45, 7) is 4.05. The lowest BCUT2D eigenvalue weighted by Crippen LogP contribution is -2.12. The van der Waals surface area contributed by atoms with Gasteiger partial charge in [0.2, 0.25) is 0 Å². The first-order valence-electron chi connectivity index (χ1n) is 6.13. The van der Waals surface area contributed by atoms with E-state index in [1.165, 1.54) is 12.1 Å². The quantitative estimate of drug-likeness (QED) is 0.903. The van der Waals surface area contributed by atoms with Gasteiger partial charge in [-0.1, -0.05) is 19.1 Å². The number of aromatic nitrogens is 3. The molecule has 0 aliphatic carbocycles. The zero-order valence-electron chi connectivity index (χ0n) is 10.6. The molecule has 2 aromatic rings. The van der Waals surface area contributed by atoms with Crippen LogP contribution in [0, 0.1) is 5.82 Å². The summed E-state index contributed by atoms with van der Waals surface area (Å²) in [6.07, 6.45) is 1.60. The summed E-state index contributed by atoms with van der Waals surface area (Å²) in [5.74, 6) is -0.262. The van der Waals surface area contributed by atoms with Crippen LogP contribution in [-0.2, 0) is 6.42 Å². The summed E-state index contributed by atoms with van der Waals surface area (Å²) in [4.78, 5) is 0. The Balaban J connectivity index is 2.45. The Bertz CT molecular complexity index is 518. The number of rotatable bonds is 4. The van der Waals surface area contributed by atoms with Gasteiger partial charge in [-0.15, -0.1) is 5.10 Å². The van der Waals surface area contributed by atoms with Crippen molar-refractivity contribution >= 4 is 0 Å². The smallest absolute Gasteiger partial charge is 0.123 e. The normalized spacial score (nSPS) is 12.7. The van der Waals surface area contributed by atoms with Crippen LogP contribution < -0.4 is 5.73 Å². The Hall–Kier alpha value is -1.75. The number of hydrogen-bond donors (Lipinski definition) is 1. The van der Waals surface area contributed by atoms with E-state index in [1.807, 2.05) is 13.8 Å². The van der Waals surface area contributed by atoms with Crippen LogP contribution in [0.1, 0.15) is 37.7 Å². The Morgan fingerprint density at radius 2 is 1.94 bits per heavy atom. The van der Waals surface area contributed by atoms with E-state index >= 15 is 0 Å². The van der Waals surface area contributed by atoms with Crippen molar-refractivity contribution in [2.75, 3.05) is 0 Å². The summed E-state index contributed by atoms with van der Waals surface area (Å²) in [5, 5.41) is 8.27. The van der Waals surface area contributed by atoms with E-state index in [1.54, 1.807) is 16.8 Å². The van der Waals surface area contributed by atoms with Crippen LogP contribution in [0.3, 0.4) is 0 Å². The van der Waals surface area contributed by atoms with Crippen LogP contribution in [0.4, 0.5) is 4.39 Å². The summed E-state index contributed by atoms with van der Waals surface area (Å²) < 4.78 is 14.6. The molecule has 0 aliphatic rings. The standard InChI is InChI=1S/C13H17FN4/c1-3-11(15)13-12(4-2)18(17-16-13)10-7-5-9(14)6-8-10/h5-8,11H,3-4,15H2,1-2H3. The van der Waals surface area contributed by atoms with Crippen molar-refractivity contribution in [2.24, 2.45) is 5.73 Å². The van der Waals surface area contributed by atoms with E-state index in [-0.39, 0.29) is 11.9 Å². The van der Waals surface area contributed by atoms with Crippen molar-refractivity contribution in [2.45, 2.75) is 32.7 Å². The molecule has 0 bridgehead atoms. The van der Waals surface area contributed by atoms with Crippen LogP contribution in [0.15, 0.2) is 24.3 Å². The molecular weight excluding hydrogens is 231 g/mol. The zero-order chi connectivity index (χ0) is 13.1. The predicted molar refractivity (Wildman–Crippen MR) is 67.9 cm³/mol. The van der Waals surface area contributed by atoms with Crippen molar-refractivity contribution in [3.05, 3.63) is 41.5 Å². The van der Waals surface area contributed by atoms with Gasteiger partial charge in [0.15, 0.2) is 0 Å². The van der Waals surface area contributed by atoms with Gasteiger partial charge < -0.3 is 5.73 Å². The van der Waals surface area contributed by atoms with E-state index in [0.29, 0.717) is 0 Å². The van der Waals surface area contributed by atoms with Gasteiger partial charge in [0, 0.05) is 0 Å². The Morgan fingerprint density at radius 3 is 2.50 bits per heavy atom. The van der Waals surface area contributed by atoms with Crippen molar-refractivity contribution in [1.29, 1.82) is 0 Å². The van der Waals surface area contributed by atoms with E-state index in [0.717, 1.165) is 29.9 Å². The fourth-order valence-corrected chi connectivity index (χ4v) is 1.92. The predicted octanol–water partition coefficient (Wildman–Crippen LogP) is 2.38. The summed E-state index contributed by atoms with van der Waals surface area (Å²) in [6, 6.07) is 6.09. The van der Waals surface area contributed by atoms with Crippen molar-refractivity contribution < 1.29 is 4.39 Å². The fraction of sp³-hybridized carbons (Fsp3) is 0.385. The zero-order valence-corrected chi connectivity index (χ0v) is 10.6. The highest BCUT2D eigenvalue weighted by atomic mass is 19.1. The molecule has 0 spiro atoms. The van der Waals surface area contributed by atoms with Gasteiger partial charge in [-0.3, -0.25) is 0 Å². The molecule has 4 nitrogen and oxygen atoms in total. The molecule has 0 saturated heterocycles. The summed E-state index contributed by atoms with van der Waals surface area (Å²) in [7, 11) is 0. The lowest BCUT2D eigenvalue weighted by atomic mass is 10.1.